The molecule has 2 heterocycles. The third-order valence-electron chi connectivity index (χ3n) is 4.09. The maximum Gasteiger partial charge on any atom is 0.272 e. The van der Waals surface area contributed by atoms with Crippen LogP contribution in [0.3, 0.4) is 0 Å². The average Bonchev–Trinajstić information content (AvgIpc) is 3.16. The van der Waals surface area contributed by atoms with Crippen LogP contribution < -0.4 is 19.5 Å². The molecule has 1 aromatic heterocycles. The van der Waals surface area contributed by atoms with Crippen molar-refractivity contribution in [2.75, 3.05) is 41.0 Å². The largest absolute Gasteiger partial charge is 0.493 e. The first-order valence-electron chi connectivity index (χ1n) is 7.99. The van der Waals surface area contributed by atoms with Gasteiger partial charge in [0.2, 0.25) is 11.7 Å². The number of aromatic amines is 1. The lowest BCUT2D eigenvalue weighted by molar-refractivity contribution is -0.123. The third-order valence-corrected chi connectivity index (χ3v) is 4.09. The normalized spacial score (nSPS) is 14.0. The molecule has 0 unspecified atom stereocenters. The highest BCUT2D eigenvalue weighted by Crippen LogP contribution is 2.40. The molecule has 0 spiro atoms. The van der Waals surface area contributed by atoms with Gasteiger partial charge in [-0.1, -0.05) is 0 Å². The molecular formula is C17H20N4O5. The summed E-state index contributed by atoms with van der Waals surface area (Å²) in [6.45, 7) is 0.943. The van der Waals surface area contributed by atoms with Crippen molar-refractivity contribution in [2.24, 2.45) is 0 Å². The molecule has 1 aromatic carbocycles. The SMILES string of the molecule is COc1cc(-c2cc(C(=O)N3CCNC(=O)C3)[nH]n2)cc(OC)c1OC. The minimum absolute atomic E-state index is 0.0391. The molecule has 0 radical (unpaired) electrons. The number of carbonyl (C=O) groups is 2. The molecule has 2 amide bonds. The fourth-order valence-corrected chi connectivity index (χ4v) is 2.79. The number of methoxy groups -OCH3 is 3. The lowest BCUT2D eigenvalue weighted by Gasteiger charge is -2.25. The highest BCUT2D eigenvalue weighted by molar-refractivity contribution is 5.96. The van der Waals surface area contributed by atoms with Crippen molar-refractivity contribution < 1.29 is 23.8 Å². The molecule has 0 atom stereocenters. The number of ether oxygens (including phenoxy) is 3. The predicted molar refractivity (Wildman–Crippen MR) is 92.6 cm³/mol. The first kappa shape index (κ1) is 17.6. The number of rotatable bonds is 5. The molecule has 138 valence electrons. The van der Waals surface area contributed by atoms with Crippen LogP contribution in [0, 0.1) is 0 Å². The molecule has 0 bridgehead atoms. The molecule has 1 aliphatic rings. The Bertz CT molecular complexity index is 807. The number of benzene rings is 1. The van der Waals surface area contributed by atoms with E-state index in [-0.39, 0.29) is 18.4 Å². The number of piperazine rings is 1. The Hall–Kier alpha value is -3.23. The Morgan fingerprint density at radius 3 is 2.38 bits per heavy atom. The monoisotopic (exact) mass is 360 g/mol. The van der Waals surface area contributed by atoms with E-state index in [4.69, 9.17) is 14.2 Å². The van der Waals surface area contributed by atoms with Crippen molar-refractivity contribution in [1.29, 1.82) is 0 Å². The van der Waals surface area contributed by atoms with Gasteiger partial charge in [-0.05, 0) is 18.2 Å². The lowest BCUT2D eigenvalue weighted by atomic mass is 10.1. The van der Waals surface area contributed by atoms with Crippen molar-refractivity contribution in [3.63, 3.8) is 0 Å². The standard InChI is InChI=1S/C17H20N4O5/c1-24-13-6-10(7-14(25-2)16(13)26-3)11-8-12(20-19-11)17(23)21-5-4-18-15(22)9-21/h6-8H,4-5,9H2,1-3H3,(H,18,22)(H,19,20). The van der Waals surface area contributed by atoms with Gasteiger partial charge in [-0.2, -0.15) is 5.10 Å². The zero-order valence-electron chi connectivity index (χ0n) is 14.8. The van der Waals surface area contributed by atoms with Crippen LogP contribution in [0.5, 0.6) is 17.2 Å². The molecule has 2 N–H and O–H groups in total. The van der Waals surface area contributed by atoms with E-state index in [1.54, 1.807) is 18.2 Å². The summed E-state index contributed by atoms with van der Waals surface area (Å²) in [4.78, 5) is 25.5. The van der Waals surface area contributed by atoms with Crippen LogP contribution in [-0.4, -0.2) is 67.9 Å². The number of nitrogens with one attached hydrogen (secondary N) is 2. The van der Waals surface area contributed by atoms with Gasteiger partial charge in [0.15, 0.2) is 11.5 Å². The Balaban J connectivity index is 1.90. The summed E-state index contributed by atoms with van der Waals surface area (Å²) in [6.07, 6.45) is 0. The van der Waals surface area contributed by atoms with E-state index in [1.807, 2.05) is 0 Å². The molecule has 26 heavy (non-hydrogen) atoms. The van der Waals surface area contributed by atoms with Crippen LogP contribution in [0.4, 0.5) is 0 Å². The van der Waals surface area contributed by atoms with Crippen LogP contribution in [0.2, 0.25) is 0 Å². The molecular weight excluding hydrogens is 340 g/mol. The van der Waals surface area contributed by atoms with Gasteiger partial charge in [0.25, 0.3) is 5.91 Å². The summed E-state index contributed by atoms with van der Waals surface area (Å²) in [5.74, 6) is 1.01. The molecule has 3 rings (SSSR count). The summed E-state index contributed by atoms with van der Waals surface area (Å²) in [5, 5.41) is 9.62. The van der Waals surface area contributed by atoms with Crippen LogP contribution in [-0.2, 0) is 4.79 Å². The maximum absolute atomic E-state index is 12.5. The summed E-state index contributed by atoms with van der Waals surface area (Å²) in [7, 11) is 4.59. The second-order valence-corrected chi connectivity index (χ2v) is 5.66. The molecule has 9 heteroatoms. The quantitative estimate of drug-likeness (QED) is 0.812. The van der Waals surface area contributed by atoms with Crippen molar-refractivity contribution in [2.45, 2.75) is 0 Å². The zero-order valence-corrected chi connectivity index (χ0v) is 14.8. The van der Waals surface area contributed by atoms with Crippen LogP contribution in [0.15, 0.2) is 18.2 Å². The summed E-state index contributed by atoms with van der Waals surface area (Å²) in [5.41, 5.74) is 1.56. The second kappa shape index (κ2) is 7.34. The minimum Gasteiger partial charge on any atom is -0.493 e. The molecule has 9 nitrogen and oxygen atoms in total. The van der Waals surface area contributed by atoms with Gasteiger partial charge in [-0.3, -0.25) is 14.7 Å². The molecule has 1 saturated heterocycles. The van der Waals surface area contributed by atoms with E-state index in [0.29, 0.717) is 47.3 Å². The van der Waals surface area contributed by atoms with E-state index < -0.39 is 0 Å². The maximum atomic E-state index is 12.5. The predicted octanol–water partition coefficient (Wildman–Crippen LogP) is 0.674. The van der Waals surface area contributed by atoms with Gasteiger partial charge >= 0.3 is 0 Å². The fourth-order valence-electron chi connectivity index (χ4n) is 2.79. The summed E-state index contributed by atoms with van der Waals surface area (Å²) >= 11 is 0. The van der Waals surface area contributed by atoms with Crippen molar-refractivity contribution in [1.82, 2.24) is 20.4 Å². The van der Waals surface area contributed by atoms with Crippen LogP contribution in [0.1, 0.15) is 10.5 Å². The number of aromatic nitrogens is 2. The third kappa shape index (κ3) is 3.28. The smallest absolute Gasteiger partial charge is 0.272 e. The molecule has 0 aliphatic carbocycles. The van der Waals surface area contributed by atoms with Crippen molar-refractivity contribution in [3.05, 3.63) is 23.9 Å². The second-order valence-electron chi connectivity index (χ2n) is 5.66. The van der Waals surface area contributed by atoms with Gasteiger partial charge in [-0.25, -0.2) is 0 Å². The fraction of sp³-hybridized carbons (Fsp3) is 0.353. The van der Waals surface area contributed by atoms with E-state index in [2.05, 4.69) is 15.5 Å². The zero-order chi connectivity index (χ0) is 18.7. The minimum atomic E-state index is -0.272. The molecule has 0 saturated carbocycles. The molecule has 1 fully saturated rings. The number of nitrogens with zero attached hydrogens (tertiary/aromatic N) is 2. The van der Waals surface area contributed by atoms with E-state index >= 15 is 0 Å². The van der Waals surface area contributed by atoms with Gasteiger partial charge in [0.05, 0.1) is 33.6 Å². The topological polar surface area (TPSA) is 106 Å². The average molecular weight is 360 g/mol. The number of hydrogen-bond acceptors (Lipinski definition) is 6. The van der Waals surface area contributed by atoms with Crippen LogP contribution >= 0.6 is 0 Å². The van der Waals surface area contributed by atoms with Crippen molar-refractivity contribution >= 4 is 11.8 Å². The van der Waals surface area contributed by atoms with Gasteiger partial charge in [0.1, 0.15) is 5.69 Å². The number of amides is 2. The summed E-state index contributed by atoms with van der Waals surface area (Å²) < 4.78 is 16.0. The highest BCUT2D eigenvalue weighted by Gasteiger charge is 2.24. The van der Waals surface area contributed by atoms with Gasteiger partial charge in [-0.15, -0.1) is 0 Å². The van der Waals surface area contributed by atoms with Gasteiger partial charge in [0, 0.05) is 18.7 Å². The first-order valence-corrected chi connectivity index (χ1v) is 7.99. The molecule has 1 aliphatic heterocycles. The number of hydrogen-bond donors (Lipinski definition) is 2. The van der Waals surface area contributed by atoms with E-state index in [0.717, 1.165) is 0 Å². The van der Waals surface area contributed by atoms with Gasteiger partial charge < -0.3 is 24.4 Å². The Morgan fingerprint density at radius 2 is 1.81 bits per heavy atom. The Morgan fingerprint density at radius 1 is 1.12 bits per heavy atom. The number of carbonyl (C=O) groups excluding carboxylic acids is 2. The van der Waals surface area contributed by atoms with E-state index in [1.165, 1.54) is 26.2 Å². The Kier molecular flexibility index (Phi) is 4.97. The lowest BCUT2D eigenvalue weighted by Crippen LogP contribution is -2.50. The van der Waals surface area contributed by atoms with Crippen molar-refractivity contribution in [3.8, 4) is 28.5 Å². The molecule has 2 aromatic rings. The van der Waals surface area contributed by atoms with E-state index in [9.17, 15) is 9.59 Å². The Labute approximate surface area is 150 Å². The number of H-pyrrole nitrogens is 1. The highest BCUT2D eigenvalue weighted by atomic mass is 16.5. The van der Waals surface area contributed by atoms with Crippen LogP contribution in [0.25, 0.3) is 11.3 Å². The summed E-state index contributed by atoms with van der Waals surface area (Å²) in [6, 6.07) is 5.13. The first-order chi connectivity index (χ1) is 12.6.